The molecule has 0 atom stereocenters. The number of nitrogens with one attached hydrogen (secondary N) is 1. The first-order valence-electron chi connectivity index (χ1n) is 6.92. The fourth-order valence-electron chi connectivity index (χ4n) is 1.90. The lowest BCUT2D eigenvalue weighted by atomic mass is 10.1. The number of nitrogens with zero attached hydrogens (tertiary/aromatic N) is 1. The monoisotopic (exact) mass is 312 g/mol. The highest BCUT2D eigenvalue weighted by molar-refractivity contribution is 5.86. The van der Waals surface area contributed by atoms with E-state index in [-0.39, 0.29) is 18.1 Å². The summed E-state index contributed by atoms with van der Waals surface area (Å²) in [5.41, 5.74) is 3.64. The first-order valence-corrected chi connectivity index (χ1v) is 6.92. The van der Waals surface area contributed by atoms with E-state index in [1.165, 1.54) is 25.3 Å². The highest BCUT2D eigenvalue weighted by Crippen LogP contribution is 2.16. The molecule has 6 heteroatoms. The maximum Gasteiger partial charge on any atom is 0.308 e. The minimum atomic E-state index is -0.432. The summed E-state index contributed by atoms with van der Waals surface area (Å²) in [6.07, 6.45) is 1.50. The maximum absolute atomic E-state index is 11.8. The van der Waals surface area contributed by atoms with Crippen LogP contribution in [-0.2, 0) is 16.0 Å². The number of phenolic OH excluding ortho intramolecular Hbond substituents is 1. The number of hydrogen-bond acceptors (Lipinski definition) is 5. The van der Waals surface area contributed by atoms with Crippen molar-refractivity contribution in [1.82, 2.24) is 5.43 Å². The molecule has 2 N–H and O–H groups in total. The summed E-state index contributed by atoms with van der Waals surface area (Å²) in [5, 5.41) is 13.2. The van der Waals surface area contributed by atoms with E-state index < -0.39 is 5.97 Å². The van der Waals surface area contributed by atoms with Gasteiger partial charge in [-0.05, 0) is 29.8 Å². The molecule has 0 fully saturated rings. The zero-order valence-corrected chi connectivity index (χ0v) is 12.5. The third kappa shape index (κ3) is 5.28. The summed E-state index contributed by atoms with van der Waals surface area (Å²) in [4.78, 5) is 22.8. The van der Waals surface area contributed by atoms with Crippen LogP contribution in [0, 0.1) is 0 Å². The normalized spacial score (nSPS) is 10.5. The molecular formula is C17H16N2O4. The van der Waals surface area contributed by atoms with Crippen molar-refractivity contribution in [3.63, 3.8) is 0 Å². The molecule has 2 aromatic rings. The lowest BCUT2D eigenvalue weighted by Crippen LogP contribution is -2.19. The van der Waals surface area contributed by atoms with E-state index in [9.17, 15) is 14.7 Å². The Morgan fingerprint density at radius 2 is 2.00 bits per heavy atom. The summed E-state index contributed by atoms with van der Waals surface area (Å²) < 4.78 is 5.04. The van der Waals surface area contributed by atoms with Gasteiger partial charge in [0.15, 0.2) is 0 Å². The van der Waals surface area contributed by atoms with Crippen LogP contribution in [0.1, 0.15) is 18.1 Å². The minimum absolute atomic E-state index is 0.0946. The molecule has 1 amide bonds. The molecule has 0 radical (unpaired) electrons. The first-order chi connectivity index (χ1) is 11.0. The Morgan fingerprint density at radius 1 is 1.22 bits per heavy atom. The quantitative estimate of drug-likeness (QED) is 0.382. The number of aromatic hydroxyl groups is 1. The number of ether oxygens (including phenoxy) is 1. The van der Waals surface area contributed by atoms with E-state index in [4.69, 9.17) is 4.74 Å². The Labute approximate surface area is 133 Å². The van der Waals surface area contributed by atoms with Crippen LogP contribution in [0.5, 0.6) is 11.5 Å². The molecule has 6 nitrogen and oxygen atoms in total. The smallest absolute Gasteiger partial charge is 0.308 e. The topological polar surface area (TPSA) is 88.0 Å². The number of phenols is 1. The molecule has 2 aromatic carbocycles. The number of amides is 1. The zero-order chi connectivity index (χ0) is 16.7. The molecular weight excluding hydrogens is 296 g/mol. The summed E-state index contributed by atoms with van der Waals surface area (Å²) in [5.74, 6) is -0.282. The van der Waals surface area contributed by atoms with Crippen LogP contribution in [0.2, 0.25) is 0 Å². The lowest BCUT2D eigenvalue weighted by Gasteiger charge is -2.04. The second-order valence-electron chi connectivity index (χ2n) is 4.77. The molecule has 0 aliphatic heterocycles. The largest absolute Gasteiger partial charge is 0.508 e. The van der Waals surface area contributed by atoms with E-state index in [0.29, 0.717) is 16.9 Å². The van der Waals surface area contributed by atoms with Crippen LogP contribution in [0.15, 0.2) is 53.6 Å². The van der Waals surface area contributed by atoms with Crippen molar-refractivity contribution in [3.05, 3.63) is 59.7 Å². The van der Waals surface area contributed by atoms with Gasteiger partial charge in [0.05, 0.1) is 12.6 Å². The Morgan fingerprint density at radius 3 is 2.74 bits per heavy atom. The highest BCUT2D eigenvalue weighted by Gasteiger charge is 2.05. The number of hydrogen-bond donors (Lipinski definition) is 2. The molecule has 0 bridgehead atoms. The minimum Gasteiger partial charge on any atom is -0.508 e. The Balaban J connectivity index is 1.96. The van der Waals surface area contributed by atoms with Crippen LogP contribution in [0.25, 0.3) is 0 Å². The standard InChI is InChI=1S/C17H16N2O4/c1-12(20)23-16-8-3-2-6-14(16)11-18-19-17(22)10-13-5-4-7-15(21)9-13/h2-9,11,21H,10H2,1H3,(H,19,22). The van der Waals surface area contributed by atoms with Gasteiger partial charge < -0.3 is 9.84 Å². The second-order valence-corrected chi connectivity index (χ2v) is 4.77. The number of esters is 1. The molecule has 0 unspecified atom stereocenters. The number of hydrazone groups is 1. The van der Waals surface area contributed by atoms with Crippen LogP contribution in [0.3, 0.4) is 0 Å². The van der Waals surface area contributed by atoms with Crippen molar-refractivity contribution in [1.29, 1.82) is 0 Å². The summed E-state index contributed by atoms with van der Waals surface area (Å²) in [6.45, 7) is 1.31. The van der Waals surface area contributed by atoms with E-state index in [1.807, 2.05) is 0 Å². The Hall–Kier alpha value is -3.15. The lowest BCUT2D eigenvalue weighted by molar-refractivity contribution is -0.131. The maximum atomic E-state index is 11.8. The van der Waals surface area contributed by atoms with Gasteiger partial charge in [-0.1, -0.05) is 24.3 Å². The molecule has 0 aromatic heterocycles. The van der Waals surface area contributed by atoms with Crippen molar-refractivity contribution in [2.24, 2.45) is 5.10 Å². The number of carbonyl (C=O) groups excluding carboxylic acids is 2. The van der Waals surface area contributed by atoms with Gasteiger partial charge in [-0.2, -0.15) is 5.10 Å². The highest BCUT2D eigenvalue weighted by atomic mass is 16.5. The number of carbonyl (C=O) groups is 2. The summed E-state index contributed by atoms with van der Waals surface area (Å²) in [6, 6.07) is 13.3. The number of benzene rings is 2. The van der Waals surface area contributed by atoms with Gasteiger partial charge in [0, 0.05) is 12.5 Å². The third-order valence-corrected chi connectivity index (χ3v) is 2.84. The Bertz CT molecular complexity index is 741. The Kier molecular flexibility index (Phi) is 5.46. The predicted molar refractivity (Wildman–Crippen MR) is 85.3 cm³/mol. The van der Waals surface area contributed by atoms with E-state index in [2.05, 4.69) is 10.5 Å². The molecule has 0 spiro atoms. The van der Waals surface area contributed by atoms with Gasteiger partial charge in [0.2, 0.25) is 5.91 Å². The SMILES string of the molecule is CC(=O)Oc1ccccc1C=NNC(=O)Cc1cccc(O)c1. The molecule has 0 aliphatic carbocycles. The second kappa shape index (κ2) is 7.74. The van der Waals surface area contributed by atoms with Crippen molar-refractivity contribution in [2.45, 2.75) is 13.3 Å². The first kappa shape index (κ1) is 16.2. The van der Waals surface area contributed by atoms with Gasteiger partial charge in [-0.15, -0.1) is 0 Å². The third-order valence-electron chi connectivity index (χ3n) is 2.84. The molecule has 23 heavy (non-hydrogen) atoms. The van der Waals surface area contributed by atoms with Gasteiger partial charge in [0.25, 0.3) is 0 Å². The predicted octanol–water partition coefficient (Wildman–Crippen LogP) is 2.01. The van der Waals surface area contributed by atoms with Crippen LogP contribution in [0.4, 0.5) is 0 Å². The number of para-hydroxylation sites is 1. The molecule has 0 saturated heterocycles. The van der Waals surface area contributed by atoms with Crippen LogP contribution < -0.4 is 10.2 Å². The van der Waals surface area contributed by atoms with Crippen molar-refractivity contribution < 1.29 is 19.4 Å². The zero-order valence-electron chi connectivity index (χ0n) is 12.5. The average Bonchev–Trinajstić information content (AvgIpc) is 2.48. The van der Waals surface area contributed by atoms with E-state index >= 15 is 0 Å². The molecule has 118 valence electrons. The molecule has 0 heterocycles. The van der Waals surface area contributed by atoms with Crippen molar-refractivity contribution >= 4 is 18.1 Å². The van der Waals surface area contributed by atoms with Gasteiger partial charge in [0.1, 0.15) is 11.5 Å². The van der Waals surface area contributed by atoms with Gasteiger partial charge >= 0.3 is 5.97 Å². The molecule has 2 rings (SSSR count). The van der Waals surface area contributed by atoms with Crippen molar-refractivity contribution in [3.8, 4) is 11.5 Å². The molecule has 0 aliphatic rings. The fourth-order valence-corrected chi connectivity index (χ4v) is 1.90. The van der Waals surface area contributed by atoms with Crippen LogP contribution in [-0.4, -0.2) is 23.2 Å². The van der Waals surface area contributed by atoms with Crippen LogP contribution >= 0.6 is 0 Å². The summed E-state index contributed by atoms with van der Waals surface area (Å²) >= 11 is 0. The van der Waals surface area contributed by atoms with Gasteiger partial charge in [-0.25, -0.2) is 5.43 Å². The van der Waals surface area contributed by atoms with Gasteiger partial charge in [-0.3, -0.25) is 9.59 Å². The molecule has 0 saturated carbocycles. The fraction of sp³-hybridized carbons (Fsp3) is 0.118. The number of rotatable bonds is 5. The van der Waals surface area contributed by atoms with Crippen molar-refractivity contribution in [2.75, 3.05) is 0 Å². The average molecular weight is 312 g/mol. The summed E-state index contributed by atoms with van der Waals surface area (Å²) in [7, 11) is 0. The van der Waals surface area contributed by atoms with E-state index in [0.717, 1.165) is 0 Å². The van der Waals surface area contributed by atoms with E-state index in [1.54, 1.807) is 36.4 Å².